The molecule has 1 aromatic carbocycles. The summed E-state index contributed by atoms with van der Waals surface area (Å²) in [6.07, 6.45) is -0.715. The summed E-state index contributed by atoms with van der Waals surface area (Å²) in [6, 6.07) is 3.75. The van der Waals surface area contributed by atoms with Crippen LogP contribution in [0.5, 0.6) is 5.75 Å². The second-order valence-corrected chi connectivity index (χ2v) is 5.95. The average molecular weight is 350 g/mol. The summed E-state index contributed by atoms with van der Waals surface area (Å²) in [4.78, 5) is 16.9. The molecule has 1 aliphatic rings. The van der Waals surface area contributed by atoms with Gasteiger partial charge in [-0.15, -0.1) is 0 Å². The van der Waals surface area contributed by atoms with Crippen LogP contribution in [0.25, 0.3) is 0 Å². The van der Waals surface area contributed by atoms with Crippen LogP contribution in [0.3, 0.4) is 0 Å². The second-order valence-electron chi connectivity index (χ2n) is 5.95. The van der Waals surface area contributed by atoms with Crippen molar-refractivity contribution in [1.29, 1.82) is 0 Å². The molecule has 0 aliphatic carbocycles. The summed E-state index contributed by atoms with van der Waals surface area (Å²) in [6.45, 7) is 4.97. The van der Waals surface area contributed by atoms with Gasteiger partial charge in [-0.25, -0.2) is 4.39 Å². The largest absolute Gasteiger partial charge is 0.480 e. The van der Waals surface area contributed by atoms with Crippen molar-refractivity contribution in [2.24, 2.45) is 0 Å². The Hall–Kier alpha value is -2.55. The molecule has 0 spiro atoms. The van der Waals surface area contributed by atoms with Gasteiger partial charge in [0.25, 0.3) is 0 Å². The maximum atomic E-state index is 13.8. The summed E-state index contributed by atoms with van der Waals surface area (Å²) in [5.74, 6) is -1.42. The van der Waals surface area contributed by atoms with E-state index in [-0.39, 0.29) is 17.5 Å². The van der Waals surface area contributed by atoms with Crippen molar-refractivity contribution in [3.05, 3.63) is 35.7 Å². The minimum atomic E-state index is -1.05. The van der Waals surface area contributed by atoms with Crippen LogP contribution in [0.4, 0.5) is 20.7 Å². The molecule has 3 rings (SSSR count). The molecule has 2 heterocycles. The molecule has 2 N–H and O–H groups in total. The Morgan fingerprint density at radius 3 is 2.56 bits per heavy atom. The maximum Gasteiger partial charge on any atom is 0.230 e. The van der Waals surface area contributed by atoms with Crippen LogP contribution in [0.15, 0.2) is 18.2 Å². The first-order valence-corrected chi connectivity index (χ1v) is 7.99. The minimum absolute atomic E-state index is 0.0640. The molecule has 7 nitrogen and oxygen atoms in total. The lowest BCUT2D eigenvalue weighted by Gasteiger charge is -2.32. The van der Waals surface area contributed by atoms with Crippen LogP contribution in [0.2, 0.25) is 0 Å². The summed E-state index contributed by atoms with van der Waals surface area (Å²) in [5, 5.41) is 0. The van der Waals surface area contributed by atoms with E-state index in [1.54, 1.807) is 6.92 Å². The SMILES string of the molecule is CC(Oc1cccc(F)c1F)c1nc(N)nc(N2CCN(C)CC2)n1. The van der Waals surface area contributed by atoms with Gasteiger partial charge in [0.1, 0.15) is 0 Å². The zero-order valence-electron chi connectivity index (χ0n) is 14.1. The van der Waals surface area contributed by atoms with E-state index in [9.17, 15) is 8.78 Å². The highest BCUT2D eigenvalue weighted by Crippen LogP contribution is 2.25. The fraction of sp³-hybridized carbons (Fsp3) is 0.438. The van der Waals surface area contributed by atoms with Crippen LogP contribution < -0.4 is 15.4 Å². The maximum absolute atomic E-state index is 13.8. The van der Waals surface area contributed by atoms with E-state index >= 15 is 0 Å². The molecule has 25 heavy (non-hydrogen) atoms. The first-order chi connectivity index (χ1) is 11.9. The van der Waals surface area contributed by atoms with Gasteiger partial charge in [0.2, 0.25) is 17.7 Å². The first kappa shape index (κ1) is 17.3. The number of nitrogens with zero attached hydrogens (tertiary/aromatic N) is 5. The number of nitrogen functional groups attached to an aromatic ring is 1. The van der Waals surface area contributed by atoms with Crippen molar-refractivity contribution < 1.29 is 13.5 Å². The number of benzene rings is 1. The predicted octanol–water partition coefficient (Wildman–Crippen LogP) is 1.62. The molecule has 1 aromatic heterocycles. The number of likely N-dealkylation sites (N-methyl/N-ethyl adjacent to an activating group) is 1. The van der Waals surface area contributed by atoms with Crippen LogP contribution in [0.1, 0.15) is 18.9 Å². The highest BCUT2D eigenvalue weighted by atomic mass is 19.2. The van der Waals surface area contributed by atoms with Crippen LogP contribution >= 0.6 is 0 Å². The quantitative estimate of drug-likeness (QED) is 0.897. The van der Waals surface area contributed by atoms with Gasteiger partial charge in [-0.3, -0.25) is 0 Å². The number of aromatic nitrogens is 3. The Balaban J connectivity index is 1.80. The Morgan fingerprint density at radius 1 is 1.12 bits per heavy atom. The third-order valence-corrected chi connectivity index (χ3v) is 4.03. The number of nitrogens with two attached hydrogens (primary N) is 1. The minimum Gasteiger partial charge on any atom is -0.480 e. The second kappa shape index (κ2) is 7.14. The molecule has 1 fully saturated rings. The van der Waals surface area contributed by atoms with Gasteiger partial charge in [0.15, 0.2) is 23.5 Å². The number of halogens is 2. The van der Waals surface area contributed by atoms with E-state index in [4.69, 9.17) is 10.5 Å². The van der Waals surface area contributed by atoms with Crippen molar-refractivity contribution in [3.63, 3.8) is 0 Å². The van der Waals surface area contributed by atoms with Crippen molar-refractivity contribution >= 4 is 11.9 Å². The molecular formula is C16H20F2N6O. The fourth-order valence-corrected chi connectivity index (χ4v) is 2.55. The predicted molar refractivity (Wildman–Crippen MR) is 89.4 cm³/mol. The van der Waals surface area contributed by atoms with Gasteiger partial charge in [-0.05, 0) is 26.1 Å². The first-order valence-electron chi connectivity index (χ1n) is 7.99. The number of rotatable bonds is 4. The molecule has 0 amide bonds. The Bertz CT molecular complexity index is 751. The highest BCUT2D eigenvalue weighted by molar-refractivity contribution is 5.36. The average Bonchev–Trinajstić information content (AvgIpc) is 2.59. The fourth-order valence-electron chi connectivity index (χ4n) is 2.55. The van der Waals surface area contributed by atoms with Gasteiger partial charge >= 0.3 is 0 Å². The number of hydrogen-bond donors (Lipinski definition) is 1. The molecule has 1 saturated heterocycles. The standard InChI is InChI=1S/C16H20F2N6O/c1-10(25-12-5-3-4-11(17)13(12)18)14-20-15(19)22-16(21-14)24-8-6-23(2)7-9-24/h3-5,10H,6-9H2,1-2H3,(H2,19,20,21,22). The number of anilines is 2. The van der Waals surface area contributed by atoms with Crippen molar-refractivity contribution in [1.82, 2.24) is 19.9 Å². The molecule has 2 aromatic rings. The topological polar surface area (TPSA) is 80.4 Å². The number of hydrogen-bond acceptors (Lipinski definition) is 7. The van der Waals surface area contributed by atoms with E-state index in [0.29, 0.717) is 5.95 Å². The van der Waals surface area contributed by atoms with E-state index in [1.165, 1.54) is 12.1 Å². The molecule has 134 valence electrons. The van der Waals surface area contributed by atoms with Crippen molar-refractivity contribution in [2.75, 3.05) is 43.9 Å². The number of piperazine rings is 1. The zero-order chi connectivity index (χ0) is 18.0. The van der Waals surface area contributed by atoms with E-state index in [0.717, 1.165) is 32.2 Å². The summed E-state index contributed by atoms with van der Waals surface area (Å²) in [7, 11) is 2.05. The molecule has 1 unspecified atom stereocenters. The van der Waals surface area contributed by atoms with Crippen LogP contribution in [-0.4, -0.2) is 53.1 Å². The van der Waals surface area contributed by atoms with Gasteiger partial charge in [0, 0.05) is 26.2 Å². The zero-order valence-corrected chi connectivity index (χ0v) is 14.1. The van der Waals surface area contributed by atoms with Crippen LogP contribution in [-0.2, 0) is 0 Å². The van der Waals surface area contributed by atoms with Gasteiger partial charge in [-0.1, -0.05) is 6.07 Å². The van der Waals surface area contributed by atoms with Crippen molar-refractivity contribution in [2.45, 2.75) is 13.0 Å². The number of ether oxygens (including phenoxy) is 1. The summed E-state index contributed by atoms with van der Waals surface area (Å²) < 4.78 is 32.6. The summed E-state index contributed by atoms with van der Waals surface area (Å²) >= 11 is 0. The molecule has 1 aliphatic heterocycles. The lowest BCUT2D eigenvalue weighted by molar-refractivity contribution is 0.203. The van der Waals surface area contributed by atoms with Gasteiger partial charge in [0.05, 0.1) is 0 Å². The Kier molecular flexibility index (Phi) is 4.93. The molecular weight excluding hydrogens is 330 g/mol. The smallest absolute Gasteiger partial charge is 0.230 e. The van der Waals surface area contributed by atoms with Gasteiger partial charge in [-0.2, -0.15) is 19.3 Å². The lowest BCUT2D eigenvalue weighted by Crippen LogP contribution is -2.45. The van der Waals surface area contributed by atoms with E-state index in [1.807, 2.05) is 11.9 Å². The Labute approximate surface area is 144 Å². The third kappa shape index (κ3) is 3.93. The normalized spacial score (nSPS) is 16.7. The lowest BCUT2D eigenvalue weighted by atomic mass is 10.3. The molecule has 0 bridgehead atoms. The Morgan fingerprint density at radius 2 is 1.84 bits per heavy atom. The monoisotopic (exact) mass is 350 g/mol. The van der Waals surface area contributed by atoms with Crippen LogP contribution in [0, 0.1) is 11.6 Å². The van der Waals surface area contributed by atoms with E-state index in [2.05, 4.69) is 19.9 Å². The molecule has 0 saturated carbocycles. The molecule has 9 heteroatoms. The highest BCUT2D eigenvalue weighted by Gasteiger charge is 2.21. The summed E-state index contributed by atoms with van der Waals surface area (Å²) in [5.41, 5.74) is 5.79. The van der Waals surface area contributed by atoms with Crippen molar-refractivity contribution in [3.8, 4) is 5.75 Å². The van der Waals surface area contributed by atoms with Gasteiger partial charge < -0.3 is 20.3 Å². The van der Waals surface area contributed by atoms with E-state index < -0.39 is 17.7 Å². The third-order valence-electron chi connectivity index (χ3n) is 4.03. The molecule has 0 radical (unpaired) electrons. The molecule has 1 atom stereocenters.